The van der Waals surface area contributed by atoms with Crippen LogP contribution in [0.15, 0.2) is 36.4 Å². The molecule has 2 amide bonds. The van der Waals surface area contributed by atoms with Gasteiger partial charge in [0, 0.05) is 18.7 Å². The largest absolute Gasteiger partial charge is 0.493 e. The first-order chi connectivity index (χ1) is 11.6. The van der Waals surface area contributed by atoms with Crippen LogP contribution in [0.2, 0.25) is 0 Å². The molecule has 6 nitrogen and oxygen atoms in total. The molecule has 128 valence electrons. The Morgan fingerprint density at radius 3 is 2.21 bits per heavy atom. The first-order valence-electron chi connectivity index (χ1n) is 7.47. The minimum absolute atomic E-state index is 0.314. The van der Waals surface area contributed by atoms with E-state index in [-0.39, 0.29) is 6.03 Å². The van der Waals surface area contributed by atoms with E-state index in [4.69, 9.17) is 14.2 Å². The summed E-state index contributed by atoms with van der Waals surface area (Å²) >= 11 is 0. The van der Waals surface area contributed by atoms with E-state index in [1.54, 1.807) is 12.1 Å². The Morgan fingerprint density at radius 1 is 1.00 bits per heavy atom. The summed E-state index contributed by atoms with van der Waals surface area (Å²) in [5.41, 5.74) is 2.74. The average Bonchev–Trinajstić information content (AvgIpc) is 2.59. The van der Waals surface area contributed by atoms with E-state index in [1.807, 2.05) is 31.2 Å². The minimum atomic E-state index is -0.314. The smallest absolute Gasteiger partial charge is 0.319 e. The van der Waals surface area contributed by atoms with Gasteiger partial charge in [-0.25, -0.2) is 4.79 Å². The summed E-state index contributed by atoms with van der Waals surface area (Å²) in [6.45, 7) is 2.46. The van der Waals surface area contributed by atoms with Gasteiger partial charge in [0.15, 0.2) is 11.5 Å². The van der Waals surface area contributed by atoms with Crippen LogP contribution in [0.5, 0.6) is 17.2 Å². The van der Waals surface area contributed by atoms with Gasteiger partial charge in [-0.2, -0.15) is 0 Å². The number of carbonyl (C=O) groups is 1. The Labute approximate surface area is 141 Å². The van der Waals surface area contributed by atoms with Crippen molar-refractivity contribution in [3.05, 3.63) is 47.5 Å². The van der Waals surface area contributed by atoms with Crippen LogP contribution in [0.1, 0.15) is 11.1 Å². The minimum Gasteiger partial charge on any atom is -0.493 e. The van der Waals surface area contributed by atoms with Crippen LogP contribution in [0.4, 0.5) is 10.5 Å². The van der Waals surface area contributed by atoms with Crippen LogP contribution >= 0.6 is 0 Å². The van der Waals surface area contributed by atoms with Gasteiger partial charge in [-0.3, -0.25) is 0 Å². The number of rotatable bonds is 6. The van der Waals surface area contributed by atoms with Crippen molar-refractivity contribution in [1.82, 2.24) is 5.32 Å². The molecule has 0 aliphatic carbocycles. The van der Waals surface area contributed by atoms with Crippen molar-refractivity contribution in [2.45, 2.75) is 13.5 Å². The predicted molar refractivity (Wildman–Crippen MR) is 93.1 cm³/mol. The quantitative estimate of drug-likeness (QED) is 0.852. The Hall–Kier alpha value is -2.89. The van der Waals surface area contributed by atoms with Crippen molar-refractivity contribution in [1.29, 1.82) is 0 Å². The number of amides is 2. The van der Waals surface area contributed by atoms with Crippen LogP contribution < -0.4 is 24.8 Å². The number of aryl methyl sites for hydroxylation is 1. The number of ether oxygens (including phenoxy) is 3. The molecule has 0 saturated heterocycles. The van der Waals surface area contributed by atoms with E-state index in [2.05, 4.69) is 10.6 Å². The van der Waals surface area contributed by atoms with Crippen LogP contribution in [-0.2, 0) is 6.54 Å². The number of methoxy groups -OCH3 is 3. The summed E-state index contributed by atoms with van der Waals surface area (Å²) in [5.74, 6) is 1.43. The van der Waals surface area contributed by atoms with Gasteiger partial charge in [0.2, 0.25) is 5.75 Å². The van der Waals surface area contributed by atoms with Gasteiger partial charge in [-0.1, -0.05) is 29.8 Å². The fraction of sp³-hybridized carbons (Fsp3) is 0.278. The van der Waals surface area contributed by atoms with Crippen molar-refractivity contribution in [3.8, 4) is 17.2 Å². The molecule has 2 aromatic rings. The Balaban J connectivity index is 2.05. The highest BCUT2D eigenvalue weighted by atomic mass is 16.5. The third-order valence-corrected chi connectivity index (χ3v) is 3.46. The molecule has 0 fully saturated rings. The zero-order valence-electron chi connectivity index (χ0n) is 14.3. The van der Waals surface area contributed by atoms with Crippen molar-refractivity contribution >= 4 is 11.7 Å². The lowest BCUT2D eigenvalue weighted by molar-refractivity contribution is 0.251. The molecule has 2 aromatic carbocycles. The molecule has 0 heterocycles. The van der Waals surface area contributed by atoms with Gasteiger partial charge >= 0.3 is 6.03 Å². The normalized spacial score (nSPS) is 10.0. The molecular weight excluding hydrogens is 308 g/mol. The molecule has 0 atom stereocenters. The summed E-state index contributed by atoms with van der Waals surface area (Å²) < 4.78 is 15.8. The predicted octanol–water partition coefficient (Wildman–Crippen LogP) is 3.34. The molecule has 6 heteroatoms. The Kier molecular flexibility index (Phi) is 5.89. The third-order valence-electron chi connectivity index (χ3n) is 3.46. The fourth-order valence-corrected chi connectivity index (χ4v) is 2.33. The highest BCUT2D eigenvalue weighted by molar-refractivity contribution is 5.90. The lowest BCUT2D eigenvalue weighted by Crippen LogP contribution is -2.28. The molecule has 0 bridgehead atoms. The van der Waals surface area contributed by atoms with Crippen molar-refractivity contribution in [2.75, 3.05) is 26.6 Å². The summed E-state index contributed by atoms with van der Waals surface area (Å²) in [7, 11) is 4.58. The van der Waals surface area contributed by atoms with Crippen LogP contribution in [0.25, 0.3) is 0 Å². The number of carbonyl (C=O) groups excluding carboxylic acids is 1. The second-order valence-electron chi connectivity index (χ2n) is 5.21. The van der Waals surface area contributed by atoms with Crippen molar-refractivity contribution in [2.24, 2.45) is 0 Å². The first kappa shape index (κ1) is 17.5. The molecule has 0 aliphatic rings. The summed E-state index contributed by atoms with van der Waals surface area (Å²) in [5, 5.41) is 5.58. The van der Waals surface area contributed by atoms with E-state index < -0.39 is 0 Å². The van der Waals surface area contributed by atoms with Gasteiger partial charge in [0.05, 0.1) is 27.0 Å². The molecule has 2 rings (SSSR count). The number of benzene rings is 2. The number of anilines is 1. The SMILES string of the molecule is COc1cc(NC(=O)NCc2cccc(C)c2)cc(OC)c1OC. The first-order valence-corrected chi connectivity index (χ1v) is 7.47. The van der Waals surface area contributed by atoms with E-state index >= 15 is 0 Å². The van der Waals surface area contributed by atoms with Gasteiger partial charge in [0.25, 0.3) is 0 Å². The summed E-state index contributed by atoms with van der Waals surface area (Å²) in [6, 6.07) is 11.0. The monoisotopic (exact) mass is 330 g/mol. The van der Waals surface area contributed by atoms with Crippen LogP contribution in [0, 0.1) is 6.92 Å². The van der Waals surface area contributed by atoms with E-state index in [0.29, 0.717) is 29.5 Å². The molecular formula is C18H22N2O4. The van der Waals surface area contributed by atoms with E-state index in [0.717, 1.165) is 11.1 Å². The van der Waals surface area contributed by atoms with Gasteiger partial charge in [-0.05, 0) is 12.5 Å². The lowest BCUT2D eigenvalue weighted by Gasteiger charge is -2.15. The van der Waals surface area contributed by atoms with Crippen LogP contribution in [0.3, 0.4) is 0 Å². The second-order valence-corrected chi connectivity index (χ2v) is 5.21. The Bertz CT molecular complexity index is 691. The highest BCUT2D eigenvalue weighted by Crippen LogP contribution is 2.39. The standard InChI is InChI=1S/C18H22N2O4/c1-12-6-5-7-13(8-12)11-19-18(21)20-14-9-15(22-2)17(24-4)16(10-14)23-3/h5-10H,11H2,1-4H3,(H2,19,20,21). The topological polar surface area (TPSA) is 68.8 Å². The molecule has 0 aromatic heterocycles. The van der Waals surface area contributed by atoms with Crippen molar-refractivity contribution < 1.29 is 19.0 Å². The molecule has 0 spiro atoms. The highest BCUT2D eigenvalue weighted by Gasteiger charge is 2.14. The van der Waals surface area contributed by atoms with E-state index in [1.165, 1.54) is 21.3 Å². The maximum absolute atomic E-state index is 12.1. The number of nitrogens with one attached hydrogen (secondary N) is 2. The maximum Gasteiger partial charge on any atom is 0.319 e. The second kappa shape index (κ2) is 8.10. The summed E-state index contributed by atoms with van der Waals surface area (Å²) in [6.07, 6.45) is 0. The molecule has 0 radical (unpaired) electrons. The van der Waals surface area contributed by atoms with Gasteiger partial charge < -0.3 is 24.8 Å². The molecule has 2 N–H and O–H groups in total. The molecule has 0 aliphatic heterocycles. The fourth-order valence-electron chi connectivity index (χ4n) is 2.33. The lowest BCUT2D eigenvalue weighted by atomic mass is 10.1. The van der Waals surface area contributed by atoms with E-state index in [9.17, 15) is 4.79 Å². The zero-order valence-corrected chi connectivity index (χ0v) is 14.3. The van der Waals surface area contributed by atoms with Gasteiger partial charge in [0.1, 0.15) is 0 Å². The molecule has 0 unspecified atom stereocenters. The van der Waals surface area contributed by atoms with Gasteiger partial charge in [-0.15, -0.1) is 0 Å². The number of hydrogen-bond acceptors (Lipinski definition) is 4. The third kappa shape index (κ3) is 4.32. The van der Waals surface area contributed by atoms with Crippen LogP contribution in [-0.4, -0.2) is 27.4 Å². The zero-order chi connectivity index (χ0) is 17.5. The number of urea groups is 1. The Morgan fingerprint density at radius 2 is 1.67 bits per heavy atom. The maximum atomic E-state index is 12.1. The number of hydrogen-bond donors (Lipinski definition) is 2. The molecule has 0 saturated carbocycles. The summed E-state index contributed by atoms with van der Waals surface area (Å²) in [4.78, 5) is 12.1. The molecule has 24 heavy (non-hydrogen) atoms. The average molecular weight is 330 g/mol. The van der Waals surface area contributed by atoms with Crippen molar-refractivity contribution in [3.63, 3.8) is 0 Å².